The first-order chi connectivity index (χ1) is 10.0. The van der Waals surface area contributed by atoms with Gasteiger partial charge in [-0.1, -0.05) is 36.8 Å². The van der Waals surface area contributed by atoms with E-state index >= 15 is 0 Å². The molecule has 0 radical (unpaired) electrons. The quantitative estimate of drug-likeness (QED) is 0.768. The van der Waals surface area contributed by atoms with Crippen LogP contribution in [0, 0.1) is 11.3 Å². The van der Waals surface area contributed by atoms with Crippen molar-refractivity contribution in [1.82, 2.24) is 0 Å². The minimum absolute atomic E-state index is 0.0890. The standard InChI is InChI=1S/C19H28O2/c1-13-5-8-16(20)12-15(13)7-6-14-4-3-11-19(2)17(14)9-10-18(19)21/h6-7,16-18,20-21H,1,3-5,8-12H2,2H3/t16?,17-,18-,19-/m0/s1. The zero-order chi connectivity index (χ0) is 15.0. The predicted octanol–water partition coefficient (Wildman–Crippen LogP) is 3.90. The lowest BCUT2D eigenvalue weighted by Crippen LogP contribution is -2.36. The van der Waals surface area contributed by atoms with E-state index in [0.717, 1.165) is 44.9 Å². The molecule has 4 atom stereocenters. The summed E-state index contributed by atoms with van der Waals surface area (Å²) in [6.45, 7) is 6.40. The molecule has 3 aliphatic rings. The number of hydrogen-bond acceptors (Lipinski definition) is 2. The molecule has 0 aliphatic heterocycles. The summed E-state index contributed by atoms with van der Waals surface area (Å²) in [7, 11) is 0. The van der Waals surface area contributed by atoms with Crippen LogP contribution in [0.1, 0.15) is 58.3 Å². The lowest BCUT2D eigenvalue weighted by molar-refractivity contribution is 0.0301. The molecule has 3 rings (SSSR count). The van der Waals surface area contributed by atoms with Crippen molar-refractivity contribution in [2.45, 2.75) is 70.5 Å². The Kier molecular flexibility index (Phi) is 4.11. The average molecular weight is 288 g/mol. The van der Waals surface area contributed by atoms with Gasteiger partial charge in [-0.3, -0.25) is 0 Å². The Balaban J connectivity index is 1.81. The van der Waals surface area contributed by atoms with Gasteiger partial charge in [0, 0.05) is 5.41 Å². The van der Waals surface area contributed by atoms with Crippen molar-refractivity contribution in [2.24, 2.45) is 11.3 Å². The van der Waals surface area contributed by atoms with Gasteiger partial charge in [-0.15, -0.1) is 0 Å². The maximum absolute atomic E-state index is 10.3. The topological polar surface area (TPSA) is 40.5 Å². The van der Waals surface area contributed by atoms with Gasteiger partial charge < -0.3 is 10.2 Å². The lowest BCUT2D eigenvalue weighted by Gasteiger charge is -2.40. The Bertz CT molecular complexity index is 488. The van der Waals surface area contributed by atoms with Gasteiger partial charge in [0.2, 0.25) is 0 Å². The van der Waals surface area contributed by atoms with E-state index in [1.807, 2.05) is 0 Å². The van der Waals surface area contributed by atoms with Gasteiger partial charge in [-0.2, -0.15) is 0 Å². The lowest BCUT2D eigenvalue weighted by atomic mass is 9.66. The summed E-state index contributed by atoms with van der Waals surface area (Å²) in [5.74, 6) is 0.542. The molecule has 2 heteroatoms. The van der Waals surface area contributed by atoms with E-state index in [1.165, 1.54) is 23.1 Å². The summed E-state index contributed by atoms with van der Waals surface area (Å²) < 4.78 is 0. The van der Waals surface area contributed by atoms with Gasteiger partial charge >= 0.3 is 0 Å². The molecule has 3 saturated carbocycles. The summed E-state index contributed by atoms with van der Waals surface area (Å²) in [5, 5.41) is 20.1. The van der Waals surface area contributed by atoms with Crippen molar-refractivity contribution < 1.29 is 10.2 Å². The molecule has 0 spiro atoms. The van der Waals surface area contributed by atoms with Crippen LogP contribution in [-0.4, -0.2) is 22.4 Å². The molecule has 0 amide bonds. The Morgan fingerprint density at radius 3 is 2.76 bits per heavy atom. The summed E-state index contributed by atoms with van der Waals surface area (Å²) in [6.07, 6.45) is 12.2. The molecule has 0 aromatic heterocycles. The normalized spacial score (nSPS) is 44.3. The van der Waals surface area contributed by atoms with E-state index in [1.54, 1.807) is 0 Å². The van der Waals surface area contributed by atoms with E-state index < -0.39 is 0 Å². The van der Waals surface area contributed by atoms with E-state index in [0.29, 0.717) is 5.92 Å². The highest BCUT2D eigenvalue weighted by Crippen LogP contribution is 2.54. The van der Waals surface area contributed by atoms with Crippen LogP contribution in [0.3, 0.4) is 0 Å². The first-order valence-electron chi connectivity index (χ1n) is 8.44. The highest BCUT2D eigenvalue weighted by atomic mass is 16.3. The Labute approximate surface area is 128 Å². The van der Waals surface area contributed by atoms with Crippen LogP contribution in [0.5, 0.6) is 0 Å². The number of aliphatic hydroxyl groups is 2. The van der Waals surface area contributed by atoms with Crippen LogP contribution < -0.4 is 0 Å². The van der Waals surface area contributed by atoms with E-state index in [-0.39, 0.29) is 17.6 Å². The highest BCUT2D eigenvalue weighted by molar-refractivity contribution is 5.36. The molecule has 0 bridgehead atoms. The van der Waals surface area contributed by atoms with Gasteiger partial charge in [-0.25, -0.2) is 0 Å². The minimum Gasteiger partial charge on any atom is -0.393 e. The summed E-state index contributed by atoms with van der Waals surface area (Å²) in [5.41, 5.74) is 3.99. The maximum Gasteiger partial charge on any atom is 0.0599 e. The summed E-state index contributed by atoms with van der Waals surface area (Å²) in [6, 6.07) is 0. The van der Waals surface area contributed by atoms with Crippen molar-refractivity contribution in [1.29, 1.82) is 0 Å². The fourth-order valence-electron chi connectivity index (χ4n) is 4.61. The molecule has 0 aromatic carbocycles. The Hall–Kier alpha value is -0.860. The van der Waals surface area contributed by atoms with E-state index in [4.69, 9.17) is 0 Å². The van der Waals surface area contributed by atoms with Crippen LogP contribution in [0.25, 0.3) is 0 Å². The number of hydrogen-bond donors (Lipinski definition) is 2. The van der Waals surface area contributed by atoms with Gasteiger partial charge in [0.15, 0.2) is 0 Å². The second-order valence-electron chi connectivity index (χ2n) is 7.44. The van der Waals surface area contributed by atoms with Crippen LogP contribution in [-0.2, 0) is 0 Å². The highest BCUT2D eigenvalue weighted by Gasteiger charge is 2.48. The molecule has 21 heavy (non-hydrogen) atoms. The number of rotatable bonds is 1. The van der Waals surface area contributed by atoms with Crippen molar-refractivity contribution >= 4 is 0 Å². The van der Waals surface area contributed by atoms with Crippen LogP contribution in [0.15, 0.2) is 35.5 Å². The molecule has 3 fully saturated rings. The van der Waals surface area contributed by atoms with Gasteiger partial charge in [0.05, 0.1) is 12.2 Å². The minimum atomic E-state index is -0.204. The van der Waals surface area contributed by atoms with E-state index in [9.17, 15) is 10.2 Å². The van der Waals surface area contributed by atoms with Crippen molar-refractivity contribution in [3.05, 3.63) is 35.5 Å². The predicted molar refractivity (Wildman–Crippen MR) is 85.9 cm³/mol. The third kappa shape index (κ3) is 2.76. The van der Waals surface area contributed by atoms with E-state index in [2.05, 4.69) is 25.7 Å². The molecule has 2 N–H and O–H groups in total. The second-order valence-corrected chi connectivity index (χ2v) is 7.44. The molecule has 1 unspecified atom stereocenters. The monoisotopic (exact) mass is 288 g/mol. The number of aliphatic hydroxyl groups excluding tert-OH is 2. The zero-order valence-electron chi connectivity index (χ0n) is 13.1. The zero-order valence-corrected chi connectivity index (χ0v) is 13.1. The molecular weight excluding hydrogens is 260 g/mol. The molecular formula is C19H28O2. The number of fused-ring (bicyclic) bond motifs is 1. The van der Waals surface area contributed by atoms with Crippen molar-refractivity contribution in [2.75, 3.05) is 0 Å². The van der Waals surface area contributed by atoms with Crippen molar-refractivity contribution in [3.63, 3.8) is 0 Å². The Morgan fingerprint density at radius 2 is 1.95 bits per heavy atom. The molecule has 0 aromatic rings. The fourth-order valence-corrected chi connectivity index (χ4v) is 4.61. The average Bonchev–Trinajstić information content (AvgIpc) is 2.76. The van der Waals surface area contributed by atoms with Crippen LogP contribution >= 0.6 is 0 Å². The Morgan fingerprint density at radius 1 is 1.14 bits per heavy atom. The molecule has 0 heterocycles. The largest absolute Gasteiger partial charge is 0.393 e. The van der Waals surface area contributed by atoms with Crippen LogP contribution in [0.4, 0.5) is 0 Å². The van der Waals surface area contributed by atoms with Crippen LogP contribution in [0.2, 0.25) is 0 Å². The van der Waals surface area contributed by atoms with Gasteiger partial charge in [0.25, 0.3) is 0 Å². The summed E-state index contributed by atoms with van der Waals surface area (Å²) in [4.78, 5) is 0. The third-order valence-electron chi connectivity index (χ3n) is 6.10. The van der Waals surface area contributed by atoms with Gasteiger partial charge in [-0.05, 0) is 62.9 Å². The molecule has 116 valence electrons. The first kappa shape index (κ1) is 15.1. The first-order valence-corrected chi connectivity index (χ1v) is 8.44. The summed E-state index contributed by atoms with van der Waals surface area (Å²) >= 11 is 0. The molecule has 3 aliphatic carbocycles. The third-order valence-corrected chi connectivity index (χ3v) is 6.10. The van der Waals surface area contributed by atoms with Crippen molar-refractivity contribution in [3.8, 4) is 0 Å². The SMILES string of the molecule is C=C1CCC(O)CC1=CC=C1CCC[C@]2(C)[C@@H](O)CC[C@@H]12. The smallest absolute Gasteiger partial charge is 0.0599 e. The maximum atomic E-state index is 10.3. The fraction of sp³-hybridized carbons (Fsp3) is 0.684. The molecule has 0 saturated heterocycles. The molecule has 2 nitrogen and oxygen atoms in total. The second kappa shape index (κ2) is 5.73. The number of allylic oxidation sites excluding steroid dienone is 4. The van der Waals surface area contributed by atoms with Gasteiger partial charge in [0.1, 0.15) is 0 Å².